The summed E-state index contributed by atoms with van der Waals surface area (Å²) in [6.07, 6.45) is 2.82. The molecule has 6 heteroatoms. The van der Waals surface area contributed by atoms with E-state index in [2.05, 4.69) is 26.9 Å². The Hall–Kier alpha value is -1.73. The van der Waals surface area contributed by atoms with Crippen LogP contribution < -0.4 is 26.7 Å². The molecular weight excluding hydrogens is 230 g/mol. The van der Waals surface area contributed by atoms with Gasteiger partial charge in [0.2, 0.25) is 0 Å². The second-order valence-electron chi connectivity index (χ2n) is 4.09. The fourth-order valence-corrected chi connectivity index (χ4v) is 1.86. The standard InChI is InChI=1S/C12H15N5O/c1-2-9-8-10(3-4-11(9)13-6-1)18-7-5-12-14-16-17-15-12/h1-4,6,8,12,14-17H,5,7H2. The molecule has 1 aliphatic heterocycles. The first-order chi connectivity index (χ1) is 8.92. The summed E-state index contributed by atoms with van der Waals surface area (Å²) in [6.45, 7) is 0.639. The number of nitrogens with zero attached hydrogens (tertiary/aromatic N) is 1. The molecule has 0 aliphatic carbocycles. The molecule has 6 nitrogen and oxygen atoms in total. The lowest BCUT2D eigenvalue weighted by Crippen LogP contribution is -2.35. The second kappa shape index (κ2) is 5.28. The van der Waals surface area contributed by atoms with Crippen LogP contribution in [0, 0.1) is 0 Å². The zero-order valence-corrected chi connectivity index (χ0v) is 9.81. The van der Waals surface area contributed by atoms with E-state index in [0.717, 1.165) is 23.1 Å². The summed E-state index contributed by atoms with van der Waals surface area (Å²) in [5, 5.41) is 1.09. The molecule has 0 bridgehead atoms. The number of hydrogen-bond acceptors (Lipinski definition) is 6. The number of fused-ring (bicyclic) bond motifs is 1. The fraction of sp³-hybridized carbons (Fsp3) is 0.250. The average Bonchev–Trinajstić information content (AvgIpc) is 2.92. The first kappa shape index (κ1) is 11.4. The van der Waals surface area contributed by atoms with Crippen LogP contribution in [0.5, 0.6) is 5.75 Å². The minimum Gasteiger partial charge on any atom is -0.493 e. The van der Waals surface area contributed by atoms with Crippen molar-refractivity contribution in [3.05, 3.63) is 36.5 Å². The van der Waals surface area contributed by atoms with Gasteiger partial charge in [-0.15, -0.1) is 0 Å². The minimum absolute atomic E-state index is 0.173. The normalized spacial score (nSPS) is 16.2. The van der Waals surface area contributed by atoms with Crippen molar-refractivity contribution in [2.75, 3.05) is 6.61 Å². The number of nitrogens with one attached hydrogen (secondary N) is 4. The van der Waals surface area contributed by atoms with Gasteiger partial charge in [0, 0.05) is 18.0 Å². The van der Waals surface area contributed by atoms with Crippen LogP contribution in [0.15, 0.2) is 36.5 Å². The van der Waals surface area contributed by atoms with E-state index in [1.165, 1.54) is 0 Å². The lowest BCUT2D eigenvalue weighted by Gasteiger charge is -2.10. The summed E-state index contributed by atoms with van der Waals surface area (Å²) >= 11 is 0. The zero-order valence-electron chi connectivity index (χ0n) is 9.81. The average molecular weight is 245 g/mol. The van der Waals surface area contributed by atoms with E-state index < -0.39 is 0 Å². The van der Waals surface area contributed by atoms with Gasteiger partial charge in [-0.2, -0.15) is 11.1 Å². The van der Waals surface area contributed by atoms with Gasteiger partial charge in [-0.25, -0.2) is 10.9 Å². The molecule has 3 rings (SSSR count). The van der Waals surface area contributed by atoms with Gasteiger partial charge in [-0.05, 0) is 24.3 Å². The number of hydrazine groups is 3. The maximum Gasteiger partial charge on any atom is 0.120 e. The van der Waals surface area contributed by atoms with Crippen LogP contribution in [0.2, 0.25) is 0 Å². The second-order valence-corrected chi connectivity index (χ2v) is 4.09. The number of pyridine rings is 1. The van der Waals surface area contributed by atoms with E-state index in [0.29, 0.717) is 6.61 Å². The number of aromatic nitrogens is 1. The lowest BCUT2D eigenvalue weighted by molar-refractivity contribution is 0.283. The summed E-state index contributed by atoms with van der Waals surface area (Å²) in [7, 11) is 0. The van der Waals surface area contributed by atoms with Crippen molar-refractivity contribution in [2.45, 2.75) is 12.6 Å². The van der Waals surface area contributed by atoms with Crippen LogP contribution in [0.3, 0.4) is 0 Å². The molecule has 2 aromatic rings. The molecule has 4 N–H and O–H groups in total. The van der Waals surface area contributed by atoms with E-state index in [1.54, 1.807) is 6.20 Å². The van der Waals surface area contributed by atoms with Crippen molar-refractivity contribution in [3.63, 3.8) is 0 Å². The van der Waals surface area contributed by atoms with Gasteiger partial charge < -0.3 is 4.74 Å². The Kier molecular flexibility index (Phi) is 3.33. The van der Waals surface area contributed by atoms with Gasteiger partial charge in [-0.3, -0.25) is 4.98 Å². The van der Waals surface area contributed by atoms with Crippen molar-refractivity contribution >= 4 is 10.9 Å². The first-order valence-corrected chi connectivity index (χ1v) is 5.90. The number of rotatable bonds is 4. The SMILES string of the molecule is c1cnc2ccc(OCCC3NNNN3)cc2c1. The van der Waals surface area contributed by atoms with Gasteiger partial charge in [-0.1, -0.05) is 6.07 Å². The third kappa shape index (κ3) is 2.57. The van der Waals surface area contributed by atoms with Crippen LogP contribution in [0.1, 0.15) is 6.42 Å². The highest BCUT2D eigenvalue weighted by molar-refractivity contribution is 5.79. The molecule has 0 amide bonds. The van der Waals surface area contributed by atoms with E-state index in [9.17, 15) is 0 Å². The van der Waals surface area contributed by atoms with Crippen LogP contribution in [0.25, 0.3) is 10.9 Å². The minimum atomic E-state index is 0.173. The van der Waals surface area contributed by atoms with Crippen molar-refractivity contribution in [1.82, 2.24) is 26.9 Å². The molecule has 1 aromatic heterocycles. The highest BCUT2D eigenvalue weighted by Gasteiger charge is 2.11. The largest absolute Gasteiger partial charge is 0.493 e. The summed E-state index contributed by atoms with van der Waals surface area (Å²) in [6, 6.07) is 9.88. The van der Waals surface area contributed by atoms with Crippen LogP contribution in [0.4, 0.5) is 0 Å². The molecule has 18 heavy (non-hydrogen) atoms. The Labute approximate surface area is 105 Å². The van der Waals surface area contributed by atoms with Crippen molar-refractivity contribution < 1.29 is 4.74 Å². The quantitative estimate of drug-likeness (QED) is 0.627. The van der Waals surface area contributed by atoms with E-state index in [1.807, 2.05) is 30.3 Å². The van der Waals surface area contributed by atoms with Crippen LogP contribution >= 0.6 is 0 Å². The smallest absolute Gasteiger partial charge is 0.120 e. The fourth-order valence-electron chi connectivity index (χ4n) is 1.86. The first-order valence-electron chi connectivity index (χ1n) is 5.90. The zero-order chi connectivity index (χ0) is 12.2. The van der Waals surface area contributed by atoms with Crippen LogP contribution in [-0.4, -0.2) is 17.8 Å². The maximum atomic E-state index is 5.71. The number of benzene rings is 1. The molecule has 1 aliphatic rings. The molecule has 0 atom stereocenters. The summed E-state index contributed by atoms with van der Waals surface area (Å²) in [4.78, 5) is 4.27. The Morgan fingerprint density at radius 3 is 2.94 bits per heavy atom. The van der Waals surface area contributed by atoms with E-state index in [4.69, 9.17) is 4.74 Å². The Balaban J connectivity index is 1.60. The monoisotopic (exact) mass is 245 g/mol. The molecule has 1 fully saturated rings. The van der Waals surface area contributed by atoms with Crippen LogP contribution in [-0.2, 0) is 0 Å². The van der Waals surface area contributed by atoms with Crippen molar-refractivity contribution in [3.8, 4) is 5.75 Å². The predicted octanol–water partition coefficient (Wildman–Crippen LogP) is 0.447. The van der Waals surface area contributed by atoms with Gasteiger partial charge in [0.25, 0.3) is 0 Å². The molecule has 0 unspecified atom stereocenters. The third-order valence-corrected chi connectivity index (χ3v) is 2.81. The van der Waals surface area contributed by atoms with Crippen molar-refractivity contribution in [1.29, 1.82) is 0 Å². The van der Waals surface area contributed by atoms with Gasteiger partial charge in [0.05, 0.1) is 18.3 Å². The predicted molar refractivity (Wildman–Crippen MR) is 68.2 cm³/mol. The molecule has 0 saturated carbocycles. The van der Waals surface area contributed by atoms with Crippen molar-refractivity contribution in [2.24, 2.45) is 0 Å². The molecular formula is C12H15N5O. The molecule has 2 heterocycles. The molecule has 0 radical (unpaired) electrons. The van der Waals surface area contributed by atoms with E-state index in [-0.39, 0.29) is 6.17 Å². The highest BCUT2D eigenvalue weighted by atomic mass is 16.5. The Morgan fingerprint density at radius 2 is 2.06 bits per heavy atom. The molecule has 1 aromatic carbocycles. The Bertz CT molecular complexity index is 527. The topological polar surface area (TPSA) is 70.2 Å². The molecule has 94 valence electrons. The van der Waals surface area contributed by atoms with Gasteiger partial charge in [0.15, 0.2) is 0 Å². The van der Waals surface area contributed by atoms with E-state index >= 15 is 0 Å². The number of ether oxygens (including phenoxy) is 1. The summed E-state index contributed by atoms with van der Waals surface area (Å²) < 4.78 is 5.71. The third-order valence-electron chi connectivity index (χ3n) is 2.81. The lowest BCUT2D eigenvalue weighted by atomic mass is 10.2. The number of hydrogen-bond donors (Lipinski definition) is 4. The summed E-state index contributed by atoms with van der Waals surface area (Å²) in [5.74, 6) is 0.870. The van der Waals surface area contributed by atoms with Gasteiger partial charge >= 0.3 is 0 Å². The highest BCUT2D eigenvalue weighted by Crippen LogP contribution is 2.18. The maximum absolute atomic E-state index is 5.71. The summed E-state index contributed by atoms with van der Waals surface area (Å²) in [5.41, 5.74) is 12.5. The molecule has 0 spiro atoms. The Morgan fingerprint density at radius 1 is 1.17 bits per heavy atom. The van der Waals surface area contributed by atoms with Gasteiger partial charge in [0.1, 0.15) is 5.75 Å². The molecule has 1 saturated heterocycles.